The summed E-state index contributed by atoms with van der Waals surface area (Å²) in [5, 5.41) is 3.96. The number of alkyl halides is 3. The highest BCUT2D eigenvalue weighted by molar-refractivity contribution is 14.1. The topological polar surface area (TPSA) is 17.8 Å². The number of hydrogen-bond donors (Lipinski definition) is 0. The second-order valence-electron chi connectivity index (χ2n) is 2.69. The van der Waals surface area contributed by atoms with Crippen LogP contribution in [0.4, 0.5) is 13.2 Å². The fourth-order valence-corrected chi connectivity index (χ4v) is 1.89. The maximum atomic E-state index is 12.4. The van der Waals surface area contributed by atoms with Gasteiger partial charge in [-0.25, -0.2) is 0 Å². The van der Waals surface area contributed by atoms with Crippen LogP contribution >= 0.6 is 22.6 Å². The van der Waals surface area contributed by atoms with Gasteiger partial charge in [-0.3, -0.25) is 0 Å². The van der Waals surface area contributed by atoms with Crippen LogP contribution in [0.25, 0.3) is 10.9 Å². The Balaban J connectivity index is 2.80. The molecule has 1 heterocycles. The number of benzene rings is 1. The summed E-state index contributed by atoms with van der Waals surface area (Å²) in [5.74, 6) is 0. The van der Waals surface area contributed by atoms with Crippen LogP contribution in [0.15, 0.2) is 24.3 Å². The van der Waals surface area contributed by atoms with Gasteiger partial charge in [0.25, 0.3) is 0 Å². The first-order chi connectivity index (χ1) is 6.50. The zero-order valence-corrected chi connectivity index (χ0v) is 8.87. The van der Waals surface area contributed by atoms with E-state index in [9.17, 15) is 13.2 Å². The summed E-state index contributed by atoms with van der Waals surface area (Å²) in [5.41, 5.74) is 0.0874. The minimum Gasteiger partial charge on any atom is -0.170 e. The van der Waals surface area contributed by atoms with Gasteiger partial charge in [-0.2, -0.15) is 9.78 Å². The van der Waals surface area contributed by atoms with E-state index in [1.807, 2.05) is 0 Å². The van der Waals surface area contributed by atoms with Gasteiger partial charge < -0.3 is 0 Å². The van der Waals surface area contributed by atoms with Crippen LogP contribution in [0.5, 0.6) is 0 Å². The smallest absolute Gasteiger partial charge is 0.170 e. The van der Waals surface area contributed by atoms with Crippen LogP contribution < -0.4 is 0 Å². The number of rotatable bonds is 0. The molecule has 0 fully saturated rings. The quantitative estimate of drug-likeness (QED) is 0.684. The van der Waals surface area contributed by atoms with E-state index in [1.54, 1.807) is 40.8 Å². The maximum Gasteiger partial charge on any atom is 0.505 e. The van der Waals surface area contributed by atoms with Gasteiger partial charge in [-0.15, -0.1) is 13.2 Å². The molecule has 6 heteroatoms. The van der Waals surface area contributed by atoms with Crippen molar-refractivity contribution in [1.29, 1.82) is 0 Å². The standard InChI is InChI=1S/C8H4F3IN2/c9-8(10,11)14-6-4-2-1-3-5(6)7(12)13-14/h1-4H. The largest absolute Gasteiger partial charge is 0.505 e. The lowest BCUT2D eigenvalue weighted by molar-refractivity contribution is -0.209. The minimum atomic E-state index is -4.46. The van der Waals surface area contributed by atoms with Crippen LogP contribution in [0.2, 0.25) is 0 Å². The second-order valence-corrected chi connectivity index (χ2v) is 3.71. The van der Waals surface area contributed by atoms with Crippen molar-refractivity contribution in [2.24, 2.45) is 0 Å². The molecule has 0 bridgehead atoms. The molecule has 2 nitrogen and oxygen atoms in total. The maximum absolute atomic E-state index is 12.4. The highest BCUT2D eigenvalue weighted by Crippen LogP contribution is 2.29. The monoisotopic (exact) mass is 312 g/mol. The summed E-state index contributed by atoms with van der Waals surface area (Å²) in [6, 6.07) is 6.26. The molecule has 0 atom stereocenters. The van der Waals surface area contributed by atoms with Crippen molar-refractivity contribution >= 4 is 33.5 Å². The Morgan fingerprint density at radius 2 is 1.86 bits per heavy atom. The Morgan fingerprint density at radius 1 is 1.21 bits per heavy atom. The number of halogens is 4. The molecule has 0 unspecified atom stereocenters. The number of para-hydroxylation sites is 1. The summed E-state index contributed by atoms with van der Waals surface area (Å²) in [4.78, 5) is 0. The van der Waals surface area contributed by atoms with Crippen molar-refractivity contribution in [2.75, 3.05) is 0 Å². The molecule has 0 aliphatic carbocycles. The Kier molecular flexibility index (Phi) is 2.17. The van der Waals surface area contributed by atoms with Crippen molar-refractivity contribution < 1.29 is 13.2 Å². The van der Waals surface area contributed by atoms with Crippen molar-refractivity contribution in [3.05, 3.63) is 28.0 Å². The zero-order valence-electron chi connectivity index (χ0n) is 6.72. The third-order valence-corrected chi connectivity index (χ3v) is 2.58. The van der Waals surface area contributed by atoms with Crippen LogP contribution in [-0.2, 0) is 6.30 Å². The van der Waals surface area contributed by atoms with Gasteiger partial charge in [0.2, 0.25) is 0 Å². The average molecular weight is 312 g/mol. The molecule has 0 aliphatic heterocycles. The van der Waals surface area contributed by atoms with E-state index in [1.165, 1.54) is 6.07 Å². The fourth-order valence-electron chi connectivity index (χ4n) is 1.22. The third kappa shape index (κ3) is 1.47. The van der Waals surface area contributed by atoms with Gasteiger partial charge in [0.05, 0.1) is 5.52 Å². The number of hydrogen-bond acceptors (Lipinski definition) is 1. The molecule has 14 heavy (non-hydrogen) atoms. The molecule has 0 aliphatic rings. The third-order valence-electron chi connectivity index (χ3n) is 1.78. The van der Waals surface area contributed by atoms with Crippen molar-refractivity contribution in [1.82, 2.24) is 9.78 Å². The highest BCUT2D eigenvalue weighted by atomic mass is 127. The molecule has 74 valence electrons. The van der Waals surface area contributed by atoms with Gasteiger partial charge >= 0.3 is 6.30 Å². The molecule has 1 aromatic carbocycles. The Labute approximate surface area is 90.8 Å². The van der Waals surface area contributed by atoms with E-state index in [4.69, 9.17) is 0 Å². The molecule has 0 radical (unpaired) electrons. The van der Waals surface area contributed by atoms with Crippen LogP contribution in [0, 0.1) is 3.70 Å². The Hall–Kier alpha value is -0.790. The molecule has 2 aromatic rings. The molecular weight excluding hydrogens is 308 g/mol. The number of fused-ring (bicyclic) bond motifs is 1. The van der Waals surface area contributed by atoms with Gasteiger partial charge in [0, 0.05) is 5.39 Å². The van der Waals surface area contributed by atoms with E-state index >= 15 is 0 Å². The Bertz CT molecular complexity index is 475. The average Bonchev–Trinajstić information content (AvgIpc) is 2.44. The lowest BCUT2D eigenvalue weighted by Gasteiger charge is -2.06. The van der Waals surface area contributed by atoms with Crippen LogP contribution in [0.1, 0.15) is 0 Å². The molecule has 0 N–H and O–H groups in total. The second kappa shape index (κ2) is 3.11. The molecule has 0 saturated carbocycles. The first-order valence-electron chi connectivity index (χ1n) is 3.70. The highest BCUT2D eigenvalue weighted by Gasteiger charge is 2.34. The summed E-state index contributed by atoms with van der Waals surface area (Å²) in [6.07, 6.45) is -4.46. The predicted molar refractivity (Wildman–Crippen MR) is 53.7 cm³/mol. The van der Waals surface area contributed by atoms with E-state index in [0.29, 0.717) is 9.09 Å². The number of aromatic nitrogens is 2. The lowest BCUT2D eigenvalue weighted by Crippen LogP contribution is -2.17. The van der Waals surface area contributed by atoms with Gasteiger partial charge in [0.1, 0.15) is 3.70 Å². The van der Waals surface area contributed by atoms with E-state index in [0.717, 1.165) is 0 Å². The van der Waals surface area contributed by atoms with E-state index in [-0.39, 0.29) is 10.2 Å². The molecule has 0 amide bonds. The normalized spacial score (nSPS) is 12.3. The van der Waals surface area contributed by atoms with Gasteiger partial charge in [0.15, 0.2) is 0 Å². The molecule has 0 saturated heterocycles. The van der Waals surface area contributed by atoms with Gasteiger partial charge in [-0.05, 0) is 28.7 Å². The van der Waals surface area contributed by atoms with E-state index < -0.39 is 6.30 Å². The SMILES string of the molecule is FC(F)(F)n1nc(I)c2ccccc21. The molecular formula is C8H4F3IN2. The summed E-state index contributed by atoms with van der Waals surface area (Å²) >= 11 is 1.79. The number of nitrogens with zero attached hydrogens (tertiary/aromatic N) is 2. The minimum absolute atomic E-state index is 0.0874. The van der Waals surface area contributed by atoms with Crippen LogP contribution in [-0.4, -0.2) is 9.78 Å². The van der Waals surface area contributed by atoms with Crippen LogP contribution in [0.3, 0.4) is 0 Å². The first kappa shape index (κ1) is 9.75. The Morgan fingerprint density at radius 3 is 2.50 bits per heavy atom. The fraction of sp³-hybridized carbons (Fsp3) is 0.125. The molecule has 1 aromatic heterocycles. The predicted octanol–water partition coefficient (Wildman–Crippen LogP) is 3.12. The first-order valence-corrected chi connectivity index (χ1v) is 4.78. The van der Waals surface area contributed by atoms with Crippen molar-refractivity contribution in [2.45, 2.75) is 6.30 Å². The van der Waals surface area contributed by atoms with E-state index in [2.05, 4.69) is 5.10 Å². The van der Waals surface area contributed by atoms with Crippen molar-refractivity contribution in [3.63, 3.8) is 0 Å². The summed E-state index contributed by atoms with van der Waals surface area (Å²) < 4.78 is 37.7. The van der Waals surface area contributed by atoms with Gasteiger partial charge in [-0.1, -0.05) is 18.2 Å². The van der Waals surface area contributed by atoms with Crippen molar-refractivity contribution in [3.8, 4) is 0 Å². The molecule has 0 spiro atoms. The zero-order chi connectivity index (χ0) is 10.3. The lowest BCUT2D eigenvalue weighted by atomic mass is 10.3. The summed E-state index contributed by atoms with van der Waals surface area (Å²) in [6.45, 7) is 0. The molecule has 2 rings (SSSR count). The summed E-state index contributed by atoms with van der Waals surface area (Å²) in [7, 11) is 0.